The van der Waals surface area contributed by atoms with Gasteiger partial charge in [-0.1, -0.05) is 44.0 Å². The molecule has 0 saturated carbocycles. The molecule has 1 saturated heterocycles. The fraction of sp³-hybridized carbons (Fsp3) is 0.467. The van der Waals surface area contributed by atoms with Crippen molar-refractivity contribution in [3.05, 3.63) is 35.4 Å². The van der Waals surface area contributed by atoms with Crippen LogP contribution in [0, 0.1) is 0 Å². The molecule has 0 spiro atoms. The number of halogens is 2. The molecule has 0 radical (unpaired) electrons. The minimum Gasteiger partial charge on any atom is -0.465 e. The van der Waals surface area contributed by atoms with Crippen molar-refractivity contribution < 1.29 is 19.4 Å². The van der Waals surface area contributed by atoms with Gasteiger partial charge in [0.25, 0.3) is 0 Å². The van der Waals surface area contributed by atoms with E-state index in [-0.39, 0.29) is 15.1 Å². The average molecular weight is 435 g/mol. The quantitative estimate of drug-likeness (QED) is 0.580. The second kappa shape index (κ2) is 7.00. The molecule has 7 heteroatoms. The minimum atomic E-state index is -0.872. The molecule has 1 aromatic rings. The Balaban J connectivity index is 2.09. The van der Waals surface area contributed by atoms with Crippen LogP contribution >= 0.6 is 31.9 Å². The van der Waals surface area contributed by atoms with Gasteiger partial charge < -0.3 is 14.7 Å². The number of nitrogens with zero attached hydrogens (tertiary/aromatic N) is 1. The van der Waals surface area contributed by atoms with Crippen LogP contribution in [0.2, 0.25) is 0 Å². The maximum Gasteiger partial charge on any atom is 0.407 e. The van der Waals surface area contributed by atoms with Crippen LogP contribution in [0.1, 0.15) is 33.6 Å². The largest absolute Gasteiger partial charge is 0.465 e. The van der Waals surface area contributed by atoms with E-state index in [0.717, 1.165) is 5.56 Å². The Morgan fingerprint density at radius 3 is 2.27 bits per heavy atom. The number of likely N-dealkylation sites (tertiary alicyclic amines) is 1. The lowest BCUT2D eigenvalue weighted by Gasteiger charge is -2.40. The summed E-state index contributed by atoms with van der Waals surface area (Å²) in [7, 11) is 1.35. The third kappa shape index (κ3) is 3.63. The number of carboxylic acid groups (broad SMARTS) is 1. The van der Waals surface area contributed by atoms with Gasteiger partial charge in [0.05, 0.1) is 17.5 Å². The Morgan fingerprint density at radius 1 is 1.27 bits per heavy atom. The summed E-state index contributed by atoms with van der Waals surface area (Å²) >= 11 is 7.49. The first-order valence-corrected chi connectivity index (χ1v) is 8.57. The van der Waals surface area contributed by atoms with Crippen LogP contribution in [0.25, 0.3) is 0 Å². The molecule has 2 rings (SSSR count). The van der Waals surface area contributed by atoms with E-state index in [4.69, 9.17) is 5.11 Å². The molecule has 1 aliphatic heterocycles. The van der Waals surface area contributed by atoms with E-state index in [9.17, 15) is 9.59 Å². The summed E-state index contributed by atoms with van der Waals surface area (Å²) in [5, 5.41) is 9.03. The molecule has 1 aromatic carbocycles. The third-order valence-corrected chi connectivity index (χ3v) is 7.21. The molecular formula is C15H17Br2NO4. The van der Waals surface area contributed by atoms with Gasteiger partial charge in [0, 0.05) is 17.4 Å². The summed E-state index contributed by atoms with van der Waals surface area (Å²) in [5.41, 5.74) is 1.54. The van der Waals surface area contributed by atoms with Crippen molar-refractivity contribution in [2.24, 2.45) is 0 Å². The lowest BCUT2D eigenvalue weighted by molar-refractivity contribution is 0.0600. The Bertz CT molecular complexity index is 553. The number of methoxy groups -OCH3 is 1. The van der Waals surface area contributed by atoms with Gasteiger partial charge in [-0.2, -0.15) is 0 Å². The van der Waals surface area contributed by atoms with Gasteiger partial charge >= 0.3 is 12.1 Å². The van der Waals surface area contributed by atoms with Gasteiger partial charge in [-0.25, -0.2) is 9.59 Å². The predicted octanol–water partition coefficient (Wildman–Crippen LogP) is 3.82. The molecule has 0 aromatic heterocycles. The Hall–Kier alpha value is -1.08. The van der Waals surface area contributed by atoms with Gasteiger partial charge in [-0.3, -0.25) is 0 Å². The molecule has 1 fully saturated rings. The van der Waals surface area contributed by atoms with Crippen LogP contribution in [-0.2, 0) is 4.74 Å². The lowest BCUT2D eigenvalue weighted by atomic mass is 9.89. The second-order valence-electron chi connectivity index (χ2n) is 5.28. The fourth-order valence-electron chi connectivity index (χ4n) is 2.53. The molecule has 0 aliphatic carbocycles. The standard InChI is InChI=1S/C15H17Br2NO4/c1-22-13(19)11-4-2-10(3-5-11)12(16)15(17)6-8-18(9-7-15)14(20)21/h2-5,12H,6-9H2,1H3,(H,20,21). The maximum atomic E-state index is 11.5. The smallest absolute Gasteiger partial charge is 0.407 e. The summed E-state index contributed by atoms with van der Waals surface area (Å²) in [5.74, 6) is -0.360. The molecule has 1 amide bonds. The molecule has 1 N–H and O–H groups in total. The van der Waals surface area contributed by atoms with E-state index < -0.39 is 6.09 Å². The molecule has 22 heavy (non-hydrogen) atoms. The third-order valence-electron chi connectivity index (χ3n) is 3.94. The Kier molecular flexibility index (Phi) is 5.50. The molecule has 1 unspecified atom stereocenters. The van der Waals surface area contributed by atoms with Gasteiger partial charge in [0.15, 0.2) is 0 Å². The first-order chi connectivity index (χ1) is 10.4. The van der Waals surface area contributed by atoms with Crippen LogP contribution in [0.3, 0.4) is 0 Å². The number of amides is 1. The van der Waals surface area contributed by atoms with Gasteiger partial charge in [-0.15, -0.1) is 0 Å². The summed E-state index contributed by atoms with van der Waals surface area (Å²) < 4.78 is 4.48. The van der Waals surface area contributed by atoms with Gasteiger partial charge in [0.2, 0.25) is 0 Å². The number of carbonyl (C=O) groups is 2. The van der Waals surface area contributed by atoms with E-state index >= 15 is 0 Å². The number of carbonyl (C=O) groups excluding carboxylic acids is 1. The second-order valence-corrected chi connectivity index (χ2v) is 7.78. The van der Waals surface area contributed by atoms with Crippen molar-refractivity contribution in [3.8, 4) is 0 Å². The monoisotopic (exact) mass is 433 g/mol. The highest BCUT2D eigenvalue weighted by Gasteiger charge is 2.39. The Labute approximate surface area is 145 Å². The number of ether oxygens (including phenoxy) is 1. The highest BCUT2D eigenvalue weighted by atomic mass is 79.9. The Morgan fingerprint density at radius 2 is 1.82 bits per heavy atom. The van der Waals surface area contributed by atoms with Crippen LogP contribution in [0.15, 0.2) is 24.3 Å². The minimum absolute atomic E-state index is 0.0302. The number of esters is 1. The molecule has 120 valence electrons. The molecule has 1 aliphatic rings. The molecule has 0 bridgehead atoms. The molecule has 1 heterocycles. The van der Waals surface area contributed by atoms with Crippen LogP contribution in [0.4, 0.5) is 4.79 Å². The van der Waals surface area contributed by atoms with Crippen molar-refractivity contribution in [1.29, 1.82) is 0 Å². The first kappa shape index (κ1) is 17.3. The average Bonchev–Trinajstić information content (AvgIpc) is 2.54. The van der Waals surface area contributed by atoms with Crippen molar-refractivity contribution in [3.63, 3.8) is 0 Å². The zero-order valence-corrected chi connectivity index (χ0v) is 15.3. The van der Waals surface area contributed by atoms with Gasteiger partial charge in [0.1, 0.15) is 0 Å². The van der Waals surface area contributed by atoms with E-state index in [1.54, 1.807) is 12.1 Å². The van der Waals surface area contributed by atoms with E-state index in [0.29, 0.717) is 31.5 Å². The summed E-state index contributed by atoms with van der Waals surface area (Å²) in [6, 6.07) is 7.24. The van der Waals surface area contributed by atoms with Crippen LogP contribution in [-0.4, -0.2) is 46.6 Å². The summed E-state index contributed by atoms with van der Waals surface area (Å²) in [6.45, 7) is 1.01. The number of benzene rings is 1. The SMILES string of the molecule is COC(=O)c1ccc(C(Br)C2(Br)CCN(C(=O)O)CC2)cc1. The molecular weight excluding hydrogens is 418 g/mol. The number of hydrogen-bond acceptors (Lipinski definition) is 3. The maximum absolute atomic E-state index is 11.5. The molecule has 1 atom stereocenters. The zero-order chi connectivity index (χ0) is 16.3. The topological polar surface area (TPSA) is 66.8 Å². The van der Waals surface area contributed by atoms with Crippen molar-refractivity contribution in [1.82, 2.24) is 4.90 Å². The zero-order valence-electron chi connectivity index (χ0n) is 12.1. The van der Waals surface area contributed by atoms with Crippen molar-refractivity contribution in [2.75, 3.05) is 20.2 Å². The van der Waals surface area contributed by atoms with Crippen LogP contribution < -0.4 is 0 Å². The van der Waals surface area contributed by atoms with E-state index in [1.165, 1.54) is 12.0 Å². The number of alkyl halides is 2. The normalized spacial score (nSPS) is 18.6. The number of piperidine rings is 1. The van der Waals surface area contributed by atoms with Crippen molar-refractivity contribution in [2.45, 2.75) is 22.0 Å². The summed E-state index contributed by atoms with van der Waals surface area (Å²) in [6.07, 6.45) is 0.560. The number of hydrogen-bond donors (Lipinski definition) is 1. The molecule has 5 nitrogen and oxygen atoms in total. The van der Waals surface area contributed by atoms with E-state index in [2.05, 4.69) is 36.6 Å². The predicted molar refractivity (Wildman–Crippen MR) is 89.9 cm³/mol. The highest BCUT2D eigenvalue weighted by molar-refractivity contribution is 9.12. The fourth-order valence-corrected chi connectivity index (χ4v) is 3.91. The number of rotatable bonds is 3. The van der Waals surface area contributed by atoms with Crippen molar-refractivity contribution >= 4 is 43.9 Å². The van der Waals surface area contributed by atoms with E-state index in [1.807, 2.05) is 12.1 Å². The first-order valence-electron chi connectivity index (χ1n) is 6.86. The highest BCUT2D eigenvalue weighted by Crippen LogP contribution is 2.47. The van der Waals surface area contributed by atoms with Gasteiger partial charge in [-0.05, 0) is 30.5 Å². The lowest BCUT2D eigenvalue weighted by Crippen LogP contribution is -2.44. The van der Waals surface area contributed by atoms with Crippen LogP contribution in [0.5, 0.6) is 0 Å². The summed E-state index contributed by atoms with van der Waals surface area (Å²) in [4.78, 5) is 23.9.